The largest absolute Gasteiger partial charge is 0.361 e. The Balaban J connectivity index is 1.91. The van der Waals surface area contributed by atoms with Gasteiger partial charge in [0.15, 0.2) is 7.28 Å². The van der Waals surface area contributed by atoms with Gasteiger partial charge in [0.25, 0.3) is 0 Å². The van der Waals surface area contributed by atoms with Gasteiger partial charge in [0.05, 0.1) is 5.75 Å². The minimum absolute atomic E-state index is 0.0439. The third-order valence-corrected chi connectivity index (χ3v) is 6.64. The molecule has 6 nitrogen and oxygen atoms in total. The molecule has 1 heterocycles. The molecule has 8 heteroatoms. The van der Waals surface area contributed by atoms with Crippen LogP contribution in [0, 0.1) is 5.41 Å². The third-order valence-electron chi connectivity index (χ3n) is 5.78. The average molecular weight is 446 g/mol. The third kappa shape index (κ3) is 8.26. The van der Waals surface area contributed by atoms with E-state index in [4.69, 9.17) is 5.14 Å². The molecule has 170 valence electrons. The predicted molar refractivity (Wildman–Crippen MR) is 127 cm³/mol. The van der Waals surface area contributed by atoms with Gasteiger partial charge in [0, 0.05) is 24.2 Å². The molecule has 1 aliphatic heterocycles. The molecule has 0 aliphatic carbocycles. The number of ketones is 1. The molecule has 0 spiro atoms. The molecule has 1 atom stereocenters. The highest BCUT2D eigenvalue weighted by atomic mass is 32.2. The molecule has 3 N–H and O–H groups in total. The van der Waals surface area contributed by atoms with Crippen molar-refractivity contribution in [1.82, 2.24) is 5.32 Å². The van der Waals surface area contributed by atoms with Gasteiger partial charge in [-0.1, -0.05) is 45.5 Å². The highest BCUT2D eigenvalue weighted by molar-refractivity contribution is 7.89. The number of nitrogens with two attached hydrogens (primary N) is 1. The van der Waals surface area contributed by atoms with Crippen LogP contribution in [0.25, 0.3) is 5.57 Å². The van der Waals surface area contributed by atoms with Gasteiger partial charge in [-0.2, -0.15) is 0 Å². The summed E-state index contributed by atoms with van der Waals surface area (Å²) in [4.78, 5) is 24.3. The standard InChI is InChI=1S/C23H35BN2O4S/c1-16(8-5-11-20(27)23(2,3)4)18-10-6-9-17-14-21(24-15-19(17)18)26-22(28)12-7-13-31(25,29)30/h6,9-10,21,24H,1,5,7-8,11-15H2,2-4H3,(H,26,28)(H2,25,29,30). The van der Waals surface area contributed by atoms with Crippen molar-refractivity contribution in [1.29, 1.82) is 0 Å². The van der Waals surface area contributed by atoms with E-state index in [9.17, 15) is 18.0 Å². The van der Waals surface area contributed by atoms with Crippen LogP contribution in [0.2, 0.25) is 0 Å². The first kappa shape index (κ1) is 25.3. The first-order valence-corrected chi connectivity index (χ1v) is 12.7. The molecular weight excluding hydrogens is 411 g/mol. The van der Waals surface area contributed by atoms with Crippen LogP contribution in [-0.4, -0.2) is 39.1 Å². The van der Waals surface area contributed by atoms with Crippen molar-refractivity contribution in [3.05, 3.63) is 41.5 Å². The van der Waals surface area contributed by atoms with Gasteiger partial charge in [-0.3, -0.25) is 9.59 Å². The highest BCUT2D eigenvalue weighted by Gasteiger charge is 2.24. The maximum atomic E-state index is 12.2. The zero-order chi connectivity index (χ0) is 23.2. The van der Waals surface area contributed by atoms with E-state index in [0.717, 1.165) is 38.4 Å². The van der Waals surface area contributed by atoms with E-state index in [1.165, 1.54) is 16.7 Å². The van der Waals surface area contributed by atoms with Crippen LogP contribution in [0.1, 0.15) is 69.6 Å². The summed E-state index contributed by atoms with van der Waals surface area (Å²) in [6.07, 6.45) is 4.16. The summed E-state index contributed by atoms with van der Waals surface area (Å²) >= 11 is 0. The van der Waals surface area contributed by atoms with Crippen LogP contribution in [0.5, 0.6) is 0 Å². The lowest BCUT2D eigenvalue weighted by molar-refractivity contribution is -0.126. The van der Waals surface area contributed by atoms with Gasteiger partial charge < -0.3 is 5.32 Å². The Morgan fingerprint density at radius 1 is 1.19 bits per heavy atom. The van der Waals surface area contributed by atoms with Crippen molar-refractivity contribution in [2.75, 3.05) is 5.75 Å². The lowest BCUT2D eigenvalue weighted by Gasteiger charge is -2.27. The molecule has 1 amide bonds. The van der Waals surface area contributed by atoms with Crippen LogP contribution in [0.15, 0.2) is 24.8 Å². The number of hydrogen-bond donors (Lipinski definition) is 2. The number of benzene rings is 1. The van der Waals surface area contributed by atoms with Gasteiger partial charge >= 0.3 is 0 Å². The summed E-state index contributed by atoms with van der Waals surface area (Å²) < 4.78 is 22.0. The van der Waals surface area contributed by atoms with Gasteiger partial charge in [-0.05, 0) is 54.3 Å². The fourth-order valence-electron chi connectivity index (χ4n) is 3.97. The normalized spacial score (nSPS) is 16.2. The molecule has 1 aromatic rings. The number of rotatable bonds is 10. The van der Waals surface area contributed by atoms with E-state index in [1.54, 1.807) is 0 Å². The van der Waals surface area contributed by atoms with Crippen LogP contribution in [0.4, 0.5) is 0 Å². The van der Waals surface area contributed by atoms with Crippen LogP contribution < -0.4 is 10.5 Å². The van der Waals surface area contributed by atoms with Crippen molar-refractivity contribution < 1.29 is 18.0 Å². The fraction of sp³-hybridized carbons (Fsp3) is 0.565. The number of carbonyl (C=O) groups is 2. The molecule has 31 heavy (non-hydrogen) atoms. The Morgan fingerprint density at radius 2 is 1.90 bits per heavy atom. The molecule has 2 rings (SSSR count). The summed E-state index contributed by atoms with van der Waals surface area (Å²) in [5, 5.41) is 8.00. The van der Waals surface area contributed by atoms with Crippen LogP contribution >= 0.6 is 0 Å². The Morgan fingerprint density at radius 3 is 2.55 bits per heavy atom. The Kier molecular flexibility index (Phi) is 8.66. The van der Waals surface area contributed by atoms with E-state index >= 15 is 0 Å². The van der Waals surface area contributed by atoms with Crippen LogP contribution in [-0.2, 0) is 32.4 Å². The number of allylic oxidation sites excluding steroid dienone is 1. The molecule has 0 fully saturated rings. The highest BCUT2D eigenvalue weighted by Crippen LogP contribution is 2.29. The van der Waals surface area contributed by atoms with E-state index in [2.05, 4.69) is 24.0 Å². The van der Waals surface area contributed by atoms with Gasteiger partial charge in [0.2, 0.25) is 15.9 Å². The van der Waals surface area contributed by atoms with Crippen molar-refractivity contribution in [2.24, 2.45) is 10.6 Å². The Bertz CT molecular complexity index is 935. The summed E-state index contributed by atoms with van der Waals surface area (Å²) in [7, 11) is -2.70. The SMILES string of the molecule is C=C(CCCC(=O)C(C)(C)C)c1cccc2c1CBC(NC(=O)CCCS(N)(=O)=O)C2. The second-order valence-electron chi connectivity index (χ2n) is 9.55. The van der Waals surface area contributed by atoms with Gasteiger partial charge in [-0.15, -0.1) is 0 Å². The second-order valence-corrected chi connectivity index (χ2v) is 11.3. The quantitative estimate of drug-likeness (QED) is 0.539. The molecule has 0 saturated heterocycles. The summed E-state index contributed by atoms with van der Waals surface area (Å²) in [5.41, 5.74) is 4.42. The number of Topliss-reactive ketones (excluding diaryl/α,β-unsaturated/α-hetero) is 1. The first-order chi connectivity index (χ1) is 14.4. The monoisotopic (exact) mass is 446 g/mol. The smallest absolute Gasteiger partial charge is 0.219 e. The van der Waals surface area contributed by atoms with Gasteiger partial charge in [-0.25, -0.2) is 13.6 Å². The molecule has 0 aromatic heterocycles. The molecule has 1 aromatic carbocycles. The minimum Gasteiger partial charge on any atom is -0.361 e. The lowest BCUT2D eigenvalue weighted by atomic mass is 9.57. The maximum absolute atomic E-state index is 12.2. The fourth-order valence-corrected chi connectivity index (χ4v) is 4.51. The molecule has 1 aliphatic rings. The van der Waals surface area contributed by atoms with E-state index in [0.29, 0.717) is 6.42 Å². The average Bonchev–Trinajstić information content (AvgIpc) is 2.65. The van der Waals surface area contributed by atoms with Gasteiger partial charge in [0.1, 0.15) is 5.78 Å². The second kappa shape index (κ2) is 10.6. The number of amides is 1. The van der Waals surface area contributed by atoms with E-state index < -0.39 is 10.0 Å². The summed E-state index contributed by atoms with van der Waals surface area (Å²) in [6.45, 7) is 10.1. The van der Waals surface area contributed by atoms with Crippen molar-refractivity contribution in [3.63, 3.8) is 0 Å². The van der Waals surface area contributed by atoms with E-state index in [1.807, 2.05) is 26.8 Å². The number of nitrogens with one attached hydrogen (secondary N) is 1. The molecule has 1 unspecified atom stereocenters. The Hall–Kier alpha value is -1.93. The number of fused-ring (bicyclic) bond motifs is 1. The molecular formula is C23H35BN2O4S. The van der Waals surface area contributed by atoms with Crippen molar-refractivity contribution >= 4 is 34.6 Å². The lowest BCUT2D eigenvalue weighted by Crippen LogP contribution is -2.44. The summed E-state index contributed by atoms with van der Waals surface area (Å²) in [5.74, 6) is 0.00224. The molecule has 0 radical (unpaired) electrons. The minimum atomic E-state index is -3.53. The predicted octanol–water partition coefficient (Wildman–Crippen LogP) is 2.49. The number of hydrogen-bond acceptors (Lipinski definition) is 4. The zero-order valence-electron chi connectivity index (χ0n) is 19.0. The maximum Gasteiger partial charge on any atom is 0.219 e. The van der Waals surface area contributed by atoms with Crippen molar-refractivity contribution in [3.8, 4) is 0 Å². The summed E-state index contributed by atoms with van der Waals surface area (Å²) in [6, 6.07) is 6.21. The van der Waals surface area contributed by atoms with Crippen molar-refractivity contribution in [2.45, 2.75) is 71.6 Å². The molecule has 0 bridgehead atoms. The molecule has 0 saturated carbocycles. The topological polar surface area (TPSA) is 106 Å². The van der Waals surface area contributed by atoms with E-state index in [-0.39, 0.29) is 41.6 Å². The Labute approximate surface area is 187 Å². The number of primary sulfonamides is 1. The number of sulfonamides is 1. The first-order valence-electron chi connectivity index (χ1n) is 11.0. The number of carbonyl (C=O) groups excluding carboxylic acids is 2. The zero-order valence-corrected chi connectivity index (χ0v) is 19.8. The van der Waals surface area contributed by atoms with Crippen LogP contribution in [0.3, 0.4) is 0 Å².